The SMILES string of the molecule is CNCC(O)CN(C)C1=NC(=O)C(=C(Cc2ccc(Cl)cc2C(F)(F)F)c2ccc3[nH]ncc3c2)S1. The number of allylic oxidation sites excluding steroid dienone is 1. The Morgan fingerprint density at radius 2 is 2.06 bits per heavy atom. The molecule has 7 nitrogen and oxygen atoms in total. The van der Waals surface area contributed by atoms with Crippen LogP contribution in [0.3, 0.4) is 0 Å². The molecule has 2 heterocycles. The van der Waals surface area contributed by atoms with Crippen LogP contribution in [-0.2, 0) is 17.4 Å². The van der Waals surface area contributed by atoms with Gasteiger partial charge in [-0.25, -0.2) is 0 Å². The predicted octanol–water partition coefficient (Wildman–Crippen LogP) is 4.33. The van der Waals surface area contributed by atoms with Crippen molar-refractivity contribution >= 4 is 50.9 Å². The van der Waals surface area contributed by atoms with Crippen molar-refractivity contribution in [3.63, 3.8) is 0 Å². The van der Waals surface area contributed by atoms with Crippen LogP contribution in [0, 0.1) is 0 Å². The normalized spacial score (nSPS) is 16.4. The number of halogens is 4. The molecule has 1 atom stereocenters. The summed E-state index contributed by atoms with van der Waals surface area (Å²) in [5.74, 6) is -0.547. The molecule has 4 rings (SSSR count). The average molecular weight is 538 g/mol. The first kappa shape index (κ1) is 26.2. The highest BCUT2D eigenvalue weighted by atomic mass is 35.5. The van der Waals surface area contributed by atoms with E-state index >= 15 is 0 Å². The third-order valence-corrected chi connectivity index (χ3v) is 7.09. The second kappa shape index (κ2) is 10.6. The summed E-state index contributed by atoms with van der Waals surface area (Å²) in [6.07, 6.45) is -3.88. The molecule has 1 unspecified atom stereocenters. The quantitative estimate of drug-likeness (QED) is 0.388. The minimum absolute atomic E-state index is 0.0127. The van der Waals surface area contributed by atoms with Crippen molar-refractivity contribution in [2.45, 2.75) is 18.7 Å². The summed E-state index contributed by atoms with van der Waals surface area (Å²) < 4.78 is 41.5. The standard InChI is InChI=1S/C24H23ClF3N5O2S/c1-29-11-17(34)12-33(2)23-31-22(35)21(36-23)18(13-4-6-20-15(7-13)10-30-32-20)8-14-3-5-16(25)9-19(14)24(26,27)28/h3-7,9-10,17,29,34H,8,11-12H2,1-2H3,(H,30,32). The summed E-state index contributed by atoms with van der Waals surface area (Å²) in [6.45, 7) is 0.574. The third-order valence-electron chi connectivity index (χ3n) is 5.64. The molecule has 1 aromatic heterocycles. The molecule has 2 aromatic carbocycles. The van der Waals surface area contributed by atoms with Gasteiger partial charge in [0.05, 0.1) is 28.3 Å². The van der Waals surface area contributed by atoms with E-state index in [1.54, 1.807) is 43.4 Å². The van der Waals surface area contributed by atoms with Gasteiger partial charge in [-0.15, -0.1) is 0 Å². The lowest BCUT2D eigenvalue weighted by molar-refractivity contribution is -0.138. The molecule has 1 aliphatic heterocycles. The van der Waals surface area contributed by atoms with Gasteiger partial charge in [-0.3, -0.25) is 9.89 Å². The molecule has 0 saturated heterocycles. The number of fused-ring (bicyclic) bond motifs is 1. The van der Waals surface area contributed by atoms with Crippen molar-refractivity contribution in [2.24, 2.45) is 4.99 Å². The maximum atomic E-state index is 13.8. The summed E-state index contributed by atoms with van der Waals surface area (Å²) in [5.41, 5.74) is 0.870. The van der Waals surface area contributed by atoms with Gasteiger partial charge in [0.1, 0.15) is 0 Å². The fourth-order valence-electron chi connectivity index (χ4n) is 3.94. The molecule has 0 spiro atoms. The van der Waals surface area contributed by atoms with Gasteiger partial charge in [0.2, 0.25) is 0 Å². The van der Waals surface area contributed by atoms with Gasteiger partial charge < -0.3 is 15.3 Å². The topological polar surface area (TPSA) is 93.6 Å². The Morgan fingerprint density at radius 3 is 2.78 bits per heavy atom. The molecule has 1 amide bonds. The number of hydrogen-bond acceptors (Lipinski definition) is 6. The van der Waals surface area contributed by atoms with Gasteiger partial charge in [0, 0.05) is 30.5 Å². The van der Waals surface area contributed by atoms with Crippen molar-refractivity contribution < 1.29 is 23.1 Å². The number of benzene rings is 2. The number of aliphatic hydroxyl groups excluding tert-OH is 1. The minimum atomic E-state index is -4.62. The second-order valence-corrected chi connectivity index (χ2v) is 9.76. The van der Waals surface area contributed by atoms with E-state index in [9.17, 15) is 23.1 Å². The van der Waals surface area contributed by atoms with Crippen molar-refractivity contribution in [1.29, 1.82) is 0 Å². The van der Waals surface area contributed by atoms with Crippen LogP contribution in [0.2, 0.25) is 5.02 Å². The third kappa shape index (κ3) is 5.75. The zero-order valence-electron chi connectivity index (χ0n) is 19.4. The van der Waals surface area contributed by atoms with E-state index in [0.29, 0.717) is 22.8 Å². The summed E-state index contributed by atoms with van der Waals surface area (Å²) in [7, 11) is 3.41. The zero-order chi connectivity index (χ0) is 26.0. The van der Waals surface area contributed by atoms with Gasteiger partial charge >= 0.3 is 6.18 Å². The number of aliphatic hydroxyl groups is 1. The van der Waals surface area contributed by atoms with E-state index in [2.05, 4.69) is 20.5 Å². The molecule has 190 valence electrons. The number of likely N-dealkylation sites (N-methyl/N-ethyl adjacent to an activating group) is 2. The van der Waals surface area contributed by atoms with Crippen LogP contribution in [0.15, 0.2) is 52.5 Å². The number of aromatic amines is 1. The van der Waals surface area contributed by atoms with Crippen LogP contribution >= 0.6 is 23.4 Å². The molecule has 1 aliphatic rings. The number of hydrogen-bond donors (Lipinski definition) is 3. The highest BCUT2D eigenvalue weighted by molar-refractivity contribution is 8.18. The Labute approximate surface area is 214 Å². The second-order valence-electron chi connectivity index (χ2n) is 8.35. The molecular weight excluding hydrogens is 515 g/mol. The molecule has 3 N–H and O–H groups in total. The number of amides is 1. The summed E-state index contributed by atoms with van der Waals surface area (Å²) in [4.78, 5) is 19.0. The Kier molecular flexibility index (Phi) is 7.74. The van der Waals surface area contributed by atoms with Crippen molar-refractivity contribution in [3.05, 3.63) is 69.2 Å². The Bertz CT molecular complexity index is 1360. The van der Waals surface area contributed by atoms with Crippen LogP contribution in [0.4, 0.5) is 13.2 Å². The number of carbonyl (C=O) groups excluding carboxylic acids is 1. The van der Waals surface area contributed by atoms with Gasteiger partial charge in [0.25, 0.3) is 5.91 Å². The van der Waals surface area contributed by atoms with Crippen molar-refractivity contribution in [3.8, 4) is 0 Å². The van der Waals surface area contributed by atoms with E-state index in [1.807, 2.05) is 0 Å². The summed E-state index contributed by atoms with van der Waals surface area (Å²) in [5, 5.41) is 20.9. The van der Waals surface area contributed by atoms with Crippen LogP contribution in [-0.4, -0.2) is 64.6 Å². The minimum Gasteiger partial charge on any atom is -0.390 e. The van der Waals surface area contributed by atoms with Gasteiger partial charge in [-0.05, 0) is 66.2 Å². The maximum Gasteiger partial charge on any atom is 0.416 e. The van der Waals surface area contributed by atoms with Gasteiger partial charge in [-0.2, -0.15) is 23.3 Å². The number of carbonyl (C=O) groups is 1. The molecule has 0 bridgehead atoms. The highest BCUT2D eigenvalue weighted by Gasteiger charge is 2.35. The average Bonchev–Trinajstić information content (AvgIpc) is 3.43. The first-order chi connectivity index (χ1) is 17.1. The first-order valence-corrected chi connectivity index (χ1v) is 12.1. The number of aliphatic imine (C=N–C) groups is 1. The smallest absolute Gasteiger partial charge is 0.390 e. The largest absolute Gasteiger partial charge is 0.416 e. The lowest BCUT2D eigenvalue weighted by Gasteiger charge is -2.21. The maximum absolute atomic E-state index is 13.8. The molecule has 36 heavy (non-hydrogen) atoms. The van der Waals surface area contributed by atoms with E-state index in [0.717, 1.165) is 28.7 Å². The number of nitrogens with one attached hydrogen (secondary N) is 2. The molecule has 12 heteroatoms. The molecule has 0 radical (unpaired) electrons. The first-order valence-electron chi connectivity index (χ1n) is 10.9. The highest BCUT2D eigenvalue weighted by Crippen LogP contribution is 2.40. The number of rotatable bonds is 7. The van der Waals surface area contributed by atoms with Crippen LogP contribution in [0.5, 0.6) is 0 Å². The Balaban J connectivity index is 1.77. The van der Waals surface area contributed by atoms with Crippen molar-refractivity contribution in [1.82, 2.24) is 20.4 Å². The zero-order valence-corrected chi connectivity index (χ0v) is 20.9. The van der Waals surface area contributed by atoms with Gasteiger partial charge in [0.15, 0.2) is 5.17 Å². The lowest BCUT2D eigenvalue weighted by atomic mass is 9.93. The summed E-state index contributed by atoms with van der Waals surface area (Å²) >= 11 is 6.94. The van der Waals surface area contributed by atoms with Crippen LogP contribution < -0.4 is 5.32 Å². The van der Waals surface area contributed by atoms with Crippen LogP contribution in [0.25, 0.3) is 16.5 Å². The predicted molar refractivity (Wildman–Crippen MR) is 136 cm³/mol. The number of amidine groups is 1. The number of alkyl halides is 3. The van der Waals surface area contributed by atoms with E-state index in [-0.39, 0.29) is 28.5 Å². The van der Waals surface area contributed by atoms with Crippen molar-refractivity contribution in [2.75, 3.05) is 27.2 Å². The fraction of sp³-hybridized carbons (Fsp3) is 0.292. The lowest BCUT2D eigenvalue weighted by Crippen LogP contribution is -2.37. The summed E-state index contributed by atoms with van der Waals surface area (Å²) in [6, 6.07) is 8.89. The number of nitrogens with zero attached hydrogens (tertiary/aromatic N) is 3. The fourth-order valence-corrected chi connectivity index (χ4v) is 5.10. The number of thioether (sulfide) groups is 1. The van der Waals surface area contributed by atoms with Gasteiger partial charge in [-0.1, -0.05) is 23.7 Å². The Morgan fingerprint density at radius 1 is 1.28 bits per heavy atom. The van der Waals surface area contributed by atoms with E-state index in [4.69, 9.17) is 11.6 Å². The van der Waals surface area contributed by atoms with E-state index < -0.39 is 23.8 Å². The molecule has 0 fully saturated rings. The molecule has 3 aromatic rings. The molecule has 0 saturated carbocycles. The van der Waals surface area contributed by atoms with Crippen LogP contribution in [0.1, 0.15) is 16.7 Å². The molecular formula is C24H23ClF3N5O2S. The Hall–Kier alpha value is -2.86. The molecule has 0 aliphatic carbocycles. The number of aromatic nitrogens is 2. The monoisotopic (exact) mass is 537 g/mol. The number of H-pyrrole nitrogens is 1. The van der Waals surface area contributed by atoms with E-state index in [1.165, 1.54) is 12.1 Å².